The molecule has 2 aromatic heterocycles. The van der Waals surface area contributed by atoms with E-state index in [4.69, 9.17) is 24.1 Å². The van der Waals surface area contributed by atoms with Gasteiger partial charge in [-0.15, -0.1) is 0 Å². The Kier molecular flexibility index (Phi) is 25.4. The van der Waals surface area contributed by atoms with Crippen LogP contribution in [-0.4, -0.2) is 67.4 Å². The molecule has 0 aliphatic rings. The average Bonchev–Trinajstić information content (AvgIpc) is 3.06. The van der Waals surface area contributed by atoms with E-state index in [-0.39, 0.29) is 12.7 Å². The van der Waals surface area contributed by atoms with Crippen molar-refractivity contribution in [2.75, 3.05) is 46.2 Å². The van der Waals surface area contributed by atoms with Crippen LogP contribution in [0.5, 0.6) is 6.01 Å². The fourth-order valence-corrected chi connectivity index (χ4v) is 5.33. The second kappa shape index (κ2) is 29.3. The Morgan fingerprint density at radius 3 is 1.87 bits per heavy atom. The second-order valence-corrected chi connectivity index (χ2v) is 12.1. The molecule has 2 heterocycles. The number of hydrogen-bond donors (Lipinski definition) is 1. The predicted octanol–water partition coefficient (Wildman–Crippen LogP) is 7.45. The van der Waals surface area contributed by atoms with Crippen LogP contribution in [0.1, 0.15) is 122 Å². The summed E-state index contributed by atoms with van der Waals surface area (Å²) in [6, 6.07) is 6.24. The zero-order valence-electron chi connectivity index (χ0n) is 28.4. The summed E-state index contributed by atoms with van der Waals surface area (Å²) in [7, 11) is 0. The van der Waals surface area contributed by atoms with Crippen molar-refractivity contribution in [3.8, 4) is 6.01 Å². The molecule has 0 aliphatic carbocycles. The van der Waals surface area contributed by atoms with E-state index in [0.29, 0.717) is 39.0 Å². The van der Waals surface area contributed by atoms with Crippen molar-refractivity contribution >= 4 is 0 Å². The van der Waals surface area contributed by atoms with Gasteiger partial charge in [-0.25, -0.2) is 14.5 Å². The standard InChI is InChI=1S/C37H64N3O5/c1-2-3-4-5-6-7-8-9-10-11-12-13-14-15-16-17-28-43-33-36(45-37-38-23-20-24-39-37)34-44-31-30-42-29-26-40-25-18-21-35(32-40)22-19-27-41/h18,20-21,23-25,32,36,41H,2-17,19,22,26-31,33-34H2,1H3/q+1. The molecule has 8 nitrogen and oxygen atoms in total. The highest BCUT2D eigenvalue weighted by Crippen LogP contribution is 2.14. The van der Waals surface area contributed by atoms with Gasteiger partial charge in [0.25, 0.3) is 0 Å². The summed E-state index contributed by atoms with van der Waals surface area (Å²) in [6.07, 6.45) is 30.7. The summed E-state index contributed by atoms with van der Waals surface area (Å²) >= 11 is 0. The Bertz CT molecular complexity index is 905. The maximum absolute atomic E-state index is 9.04. The van der Waals surface area contributed by atoms with Crippen LogP contribution in [0.2, 0.25) is 0 Å². The van der Waals surface area contributed by atoms with Gasteiger partial charge in [-0.2, -0.15) is 0 Å². The van der Waals surface area contributed by atoms with E-state index >= 15 is 0 Å². The SMILES string of the molecule is CCCCCCCCCCCCCCCCCCOCC(COCCOCC[n+]1cccc(CCCO)c1)Oc1ncccn1. The van der Waals surface area contributed by atoms with Crippen molar-refractivity contribution in [1.82, 2.24) is 9.97 Å². The van der Waals surface area contributed by atoms with Crippen LogP contribution in [0.3, 0.4) is 0 Å². The zero-order valence-corrected chi connectivity index (χ0v) is 28.4. The average molecular weight is 631 g/mol. The van der Waals surface area contributed by atoms with Crippen molar-refractivity contribution in [2.45, 2.75) is 135 Å². The largest absolute Gasteiger partial charge is 0.455 e. The lowest BCUT2D eigenvalue weighted by Gasteiger charge is -2.18. The molecule has 2 aromatic rings. The molecule has 0 fully saturated rings. The van der Waals surface area contributed by atoms with Gasteiger partial charge in [-0.3, -0.25) is 0 Å². The molecular weight excluding hydrogens is 566 g/mol. The summed E-state index contributed by atoms with van der Waals surface area (Å²) in [6.45, 7) is 6.45. The van der Waals surface area contributed by atoms with E-state index in [1.54, 1.807) is 18.5 Å². The lowest BCUT2D eigenvalue weighted by molar-refractivity contribution is -0.698. The number of hydrogen-bond acceptors (Lipinski definition) is 7. The van der Waals surface area contributed by atoms with Crippen molar-refractivity contribution in [3.63, 3.8) is 0 Å². The molecule has 1 atom stereocenters. The summed E-state index contributed by atoms with van der Waals surface area (Å²) < 4.78 is 25.6. The molecule has 0 spiro atoms. The first-order valence-corrected chi connectivity index (χ1v) is 18.1. The molecular formula is C37H64N3O5+. The molecule has 1 N–H and O–H groups in total. The number of aliphatic hydroxyl groups is 1. The lowest BCUT2D eigenvalue weighted by Crippen LogP contribution is -2.36. The smallest absolute Gasteiger partial charge is 0.316 e. The first kappa shape index (κ1) is 39.1. The molecule has 0 aliphatic heterocycles. The molecule has 0 amide bonds. The van der Waals surface area contributed by atoms with Crippen LogP contribution in [0.15, 0.2) is 43.0 Å². The molecule has 8 heteroatoms. The zero-order chi connectivity index (χ0) is 31.9. The van der Waals surface area contributed by atoms with E-state index in [1.165, 1.54) is 102 Å². The third-order valence-electron chi connectivity index (χ3n) is 7.97. The number of pyridine rings is 1. The first-order valence-electron chi connectivity index (χ1n) is 18.1. The van der Waals surface area contributed by atoms with Crippen LogP contribution >= 0.6 is 0 Å². The number of ether oxygens (including phenoxy) is 4. The summed E-state index contributed by atoms with van der Waals surface area (Å²) in [4.78, 5) is 8.37. The van der Waals surface area contributed by atoms with Gasteiger partial charge in [-0.05, 0) is 31.4 Å². The van der Waals surface area contributed by atoms with E-state index in [2.05, 4.69) is 33.7 Å². The Hall–Kier alpha value is -2.13. The maximum Gasteiger partial charge on any atom is 0.316 e. The first-order chi connectivity index (χ1) is 22.3. The van der Waals surface area contributed by atoms with E-state index in [1.807, 2.05) is 12.3 Å². The van der Waals surface area contributed by atoms with E-state index < -0.39 is 0 Å². The highest BCUT2D eigenvalue weighted by Gasteiger charge is 2.13. The van der Waals surface area contributed by atoms with Crippen molar-refractivity contribution < 1.29 is 28.6 Å². The molecule has 256 valence electrons. The fourth-order valence-electron chi connectivity index (χ4n) is 5.33. The normalized spacial score (nSPS) is 12.0. The fraction of sp³-hybridized carbons (Fsp3) is 0.757. The van der Waals surface area contributed by atoms with Crippen molar-refractivity contribution in [1.29, 1.82) is 0 Å². The molecule has 2 rings (SSSR count). The quantitative estimate of drug-likeness (QED) is 0.0664. The van der Waals surface area contributed by atoms with Gasteiger partial charge in [0.05, 0.1) is 26.4 Å². The van der Waals surface area contributed by atoms with Gasteiger partial charge >= 0.3 is 6.01 Å². The number of unbranched alkanes of at least 4 members (excludes halogenated alkanes) is 15. The topological polar surface area (TPSA) is 86.8 Å². The lowest BCUT2D eigenvalue weighted by atomic mass is 10.0. The molecule has 45 heavy (non-hydrogen) atoms. The van der Waals surface area contributed by atoms with Crippen LogP contribution in [0.4, 0.5) is 0 Å². The molecule has 0 radical (unpaired) electrons. The van der Waals surface area contributed by atoms with Gasteiger partial charge in [0.1, 0.15) is 12.7 Å². The van der Waals surface area contributed by atoms with Crippen LogP contribution in [0.25, 0.3) is 0 Å². The minimum absolute atomic E-state index is 0.216. The summed E-state index contributed by atoms with van der Waals surface area (Å²) in [5, 5.41) is 9.04. The van der Waals surface area contributed by atoms with Gasteiger partial charge in [0, 0.05) is 37.2 Å². The Morgan fingerprint density at radius 2 is 1.24 bits per heavy atom. The highest BCUT2D eigenvalue weighted by molar-refractivity contribution is 5.05. The van der Waals surface area contributed by atoms with Gasteiger partial charge in [0.2, 0.25) is 0 Å². The molecule has 0 bridgehead atoms. The molecule has 0 aromatic carbocycles. The van der Waals surface area contributed by atoms with Crippen molar-refractivity contribution in [3.05, 3.63) is 48.5 Å². The number of aliphatic hydroxyl groups excluding tert-OH is 1. The maximum atomic E-state index is 9.04. The third kappa shape index (κ3) is 22.9. The summed E-state index contributed by atoms with van der Waals surface area (Å²) in [5.74, 6) is 0. The summed E-state index contributed by atoms with van der Waals surface area (Å²) in [5.41, 5.74) is 1.22. The van der Waals surface area contributed by atoms with Crippen LogP contribution in [0, 0.1) is 0 Å². The van der Waals surface area contributed by atoms with Crippen LogP contribution < -0.4 is 9.30 Å². The Balaban J connectivity index is 1.46. The van der Waals surface area contributed by atoms with Crippen molar-refractivity contribution in [2.24, 2.45) is 0 Å². The van der Waals surface area contributed by atoms with Gasteiger partial charge in [0.15, 0.2) is 18.9 Å². The number of aryl methyl sites for hydroxylation is 1. The monoisotopic (exact) mass is 630 g/mol. The van der Waals surface area contributed by atoms with Crippen LogP contribution in [-0.2, 0) is 27.2 Å². The van der Waals surface area contributed by atoms with Gasteiger partial charge < -0.3 is 24.1 Å². The molecule has 0 saturated carbocycles. The predicted molar refractivity (Wildman–Crippen MR) is 180 cm³/mol. The van der Waals surface area contributed by atoms with E-state index in [9.17, 15) is 0 Å². The highest BCUT2D eigenvalue weighted by atomic mass is 16.6. The molecule has 0 saturated heterocycles. The van der Waals surface area contributed by atoms with Gasteiger partial charge in [-0.1, -0.05) is 103 Å². The van der Waals surface area contributed by atoms with E-state index in [0.717, 1.165) is 32.4 Å². The Morgan fingerprint density at radius 1 is 0.667 bits per heavy atom. The third-order valence-corrected chi connectivity index (χ3v) is 7.97. The number of aromatic nitrogens is 3. The number of rotatable bonds is 32. The Labute approximate surface area is 274 Å². The second-order valence-electron chi connectivity index (χ2n) is 12.1. The minimum atomic E-state index is -0.273. The molecule has 1 unspecified atom stereocenters. The number of nitrogens with zero attached hydrogens (tertiary/aromatic N) is 3. The minimum Gasteiger partial charge on any atom is -0.455 e.